The number of hydrogen-bond acceptors (Lipinski definition) is 2. The quantitative estimate of drug-likeness (QED) is 0.683. The Morgan fingerprint density at radius 2 is 1.95 bits per heavy atom. The first-order valence-corrected chi connectivity index (χ1v) is 6.45. The number of nitrogens with two attached hydrogens (primary N) is 1. The summed E-state index contributed by atoms with van der Waals surface area (Å²) in [4.78, 5) is 4.59. The van der Waals surface area contributed by atoms with Crippen LogP contribution in [0.15, 0.2) is 36.5 Å². The van der Waals surface area contributed by atoms with Crippen LogP contribution in [-0.2, 0) is 0 Å². The van der Waals surface area contributed by atoms with Gasteiger partial charge < -0.3 is 5.73 Å². The van der Waals surface area contributed by atoms with E-state index in [1.165, 1.54) is 11.1 Å². The van der Waals surface area contributed by atoms with E-state index in [4.69, 9.17) is 17.3 Å². The van der Waals surface area contributed by atoms with Crippen LogP contribution in [0.1, 0.15) is 11.1 Å². The molecule has 2 heterocycles. The van der Waals surface area contributed by atoms with E-state index >= 15 is 0 Å². The molecule has 0 saturated heterocycles. The molecular formula is C15H14ClN3. The number of imidazole rings is 1. The molecule has 3 rings (SSSR count). The summed E-state index contributed by atoms with van der Waals surface area (Å²) in [7, 11) is 0. The standard InChI is InChI=1S/C15H14ClN3/c1-9-3-4-11(10(2)7-9)13-8-19-14(16)6-5-12(17)15(19)18-13/h3-8H,17H2,1-2H3. The summed E-state index contributed by atoms with van der Waals surface area (Å²) in [6.45, 7) is 4.16. The maximum Gasteiger partial charge on any atom is 0.161 e. The molecule has 0 amide bonds. The number of benzene rings is 1. The van der Waals surface area contributed by atoms with Gasteiger partial charge in [0.15, 0.2) is 5.65 Å². The number of aryl methyl sites for hydroxylation is 2. The van der Waals surface area contributed by atoms with Crippen LogP contribution in [-0.4, -0.2) is 9.38 Å². The average molecular weight is 272 g/mol. The van der Waals surface area contributed by atoms with Crippen molar-refractivity contribution in [3.63, 3.8) is 0 Å². The van der Waals surface area contributed by atoms with Gasteiger partial charge in [0.2, 0.25) is 0 Å². The monoisotopic (exact) mass is 271 g/mol. The van der Waals surface area contributed by atoms with Gasteiger partial charge in [0.25, 0.3) is 0 Å². The highest BCUT2D eigenvalue weighted by Crippen LogP contribution is 2.27. The third-order valence-electron chi connectivity index (χ3n) is 3.25. The van der Waals surface area contributed by atoms with Crippen molar-refractivity contribution in [2.75, 3.05) is 5.73 Å². The predicted octanol–water partition coefficient (Wildman–Crippen LogP) is 3.85. The Labute approximate surface area is 116 Å². The van der Waals surface area contributed by atoms with Gasteiger partial charge in [-0.1, -0.05) is 35.4 Å². The van der Waals surface area contributed by atoms with Crippen LogP contribution >= 0.6 is 11.6 Å². The second-order valence-electron chi connectivity index (χ2n) is 4.75. The summed E-state index contributed by atoms with van der Waals surface area (Å²) in [6, 6.07) is 9.85. The zero-order valence-electron chi connectivity index (χ0n) is 10.8. The highest BCUT2D eigenvalue weighted by Gasteiger charge is 2.10. The van der Waals surface area contributed by atoms with E-state index in [0.29, 0.717) is 16.5 Å². The normalized spacial score (nSPS) is 11.1. The predicted molar refractivity (Wildman–Crippen MR) is 79.5 cm³/mol. The van der Waals surface area contributed by atoms with Gasteiger partial charge in [0, 0.05) is 11.8 Å². The lowest BCUT2D eigenvalue weighted by Crippen LogP contribution is -1.92. The summed E-state index contributed by atoms with van der Waals surface area (Å²) in [5.41, 5.74) is 11.7. The van der Waals surface area contributed by atoms with Crippen LogP contribution in [0.3, 0.4) is 0 Å². The van der Waals surface area contributed by atoms with Crippen molar-refractivity contribution in [3.8, 4) is 11.3 Å². The lowest BCUT2D eigenvalue weighted by Gasteiger charge is -2.03. The molecule has 0 unspecified atom stereocenters. The molecule has 0 radical (unpaired) electrons. The van der Waals surface area contributed by atoms with E-state index in [1.807, 2.05) is 10.6 Å². The average Bonchev–Trinajstić information content (AvgIpc) is 2.80. The second kappa shape index (κ2) is 4.28. The van der Waals surface area contributed by atoms with Gasteiger partial charge in [-0.05, 0) is 31.5 Å². The summed E-state index contributed by atoms with van der Waals surface area (Å²) >= 11 is 6.16. The number of anilines is 1. The van der Waals surface area contributed by atoms with Crippen LogP contribution in [0.5, 0.6) is 0 Å². The highest BCUT2D eigenvalue weighted by atomic mass is 35.5. The molecule has 2 aromatic heterocycles. The van der Waals surface area contributed by atoms with Crippen LogP contribution in [0.2, 0.25) is 5.15 Å². The molecule has 19 heavy (non-hydrogen) atoms. The molecular weight excluding hydrogens is 258 g/mol. The maximum atomic E-state index is 6.16. The third-order valence-corrected chi connectivity index (χ3v) is 3.56. The first-order chi connectivity index (χ1) is 9.06. The van der Waals surface area contributed by atoms with Gasteiger partial charge in [-0.15, -0.1) is 0 Å². The first-order valence-electron chi connectivity index (χ1n) is 6.07. The van der Waals surface area contributed by atoms with Gasteiger partial charge >= 0.3 is 0 Å². The number of hydrogen-bond donors (Lipinski definition) is 1. The van der Waals surface area contributed by atoms with Crippen LogP contribution in [0.4, 0.5) is 5.69 Å². The van der Waals surface area contributed by atoms with Gasteiger partial charge in [-0.3, -0.25) is 4.40 Å². The highest BCUT2D eigenvalue weighted by molar-refractivity contribution is 6.29. The molecule has 0 saturated carbocycles. The van der Waals surface area contributed by atoms with Crippen molar-refractivity contribution < 1.29 is 0 Å². The topological polar surface area (TPSA) is 43.3 Å². The van der Waals surface area contributed by atoms with Crippen molar-refractivity contribution >= 4 is 22.9 Å². The summed E-state index contributed by atoms with van der Waals surface area (Å²) < 4.78 is 1.81. The fourth-order valence-electron chi connectivity index (χ4n) is 2.29. The number of nitrogens with zero attached hydrogens (tertiary/aromatic N) is 2. The van der Waals surface area contributed by atoms with Gasteiger partial charge in [0.05, 0.1) is 11.4 Å². The summed E-state index contributed by atoms with van der Waals surface area (Å²) in [5.74, 6) is 0. The second-order valence-corrected chi connectivity index (χ2v) is 5.14. The molecule has 0 fully saturated rings. The SMILES string of the molecule is Cc1ccc(-c2cn3c(Cl)ccc(N)c3n2)c(C)c1. The molecule has 1 aromatic carbocycles. The lowest BCUT2D eigenvalue weighted by molar-refractivity contribution is 1.19. The van der Waals surface area contributed by atoms with Gasteiger partial charge in [-0.25, -0.2) is 4.98 Å². The fourth-order valence-corrected chi connectivity index (χ4v) is 2.48. The van der Waals surface area contributed by atoms with Crippen molar-refractivity contribution in [1.82, 2.24) is 9.38 Å². The van der Waals surface area contributed by atoms with E-state index in [0.717, 1.165) is 11.3 Å². The Morgan fingerprint density at radius 3 is 2.63 bits per heavy atom. The van der Waals surface area contributed by atoms with E-state index in [-0.39, 0.29) is 0 Å². The minimum absolute atomic E-state index is 0.604. The van der Waals surface area contributed by atoms with Crippen LogP contribution in [0.25, 0.3) is 16.9 Å². The number of halogens is 1. The number of fused-ring (bicyclic) bond motifs is 1. The molecule has 3 nitrogen and oxygen atoms in total. The number of aromatic nitrogens is 2. The largest absolute Gasteiger partial charge is 0.396 e. The van der Waals surface area contributed by atoms with E-state index < -0.39 is 0 Å². The van der Waals surface area contributed by atoms with E-state index in [2.05, 4.69) is 37.0 Å². The fraction of sp³-hybridized carbons (Fsp3) is 0.133. The zero-order valence-corrected chi connectivity index (χ0v) is 11.6. The number of nitrogen functional groups attached to an aromatic ring is 1. The number of pyridine rings is 1. The lowest BCUT2D eigenvalue weighted by atomic mass is 10.0. The Morgan fingerprint density at radius 1 is 1.16 bits per heavy atom. The Balaban J connectivity index is 2.26. The molecule has 4 heteroatoms. The molecule has 3 aromatic rings. The van der Waals surface area contributed by atoms with Crippen molar-refractivity contribution in [2.45, 2.75) is 13.8 Å². The van der Waals surface area contributed by atoms with E-state index in [1.54, 1.807) is 12.1 Å². The number of rotatable bonds is 1. The minimum Gasteiger partial charge on any atom is -0.396 e. The molecule has 0 spiro atoms. The Bertz CT molecular complexity index is 735. The van der Waals surface area contributed by atoms with E-state index in [9.17, 15) is 0 Å². The molecule has 0 aliphatic rings. The van der Waals surface area contributed by atoms with Gasteiger partial charge in [-0.2, -0.15) is 0 Å². The minimum atomic E-state index is 0.604. The summed E-state index contributed by atoms with van der Waals surface area (Å²) in [6.07, 6.45) is 1.92. The molecule has 0 atom stereocenters. The maximum absolute atomic E-state index is 6.16. The Hall–Kier alpha value is -2.00. The zero-order chi connectivity index (χ0) is 13.6. The molecule has 0 bridgehead atoms. The molecule has 0 aliphatic carbocycles. The smallest absolute Gasteiger partial charge is 0.161 e. The Kier molecular flexibility index (Phi) is 2.72. The van der Waals surface area contributed by atoms with Crippen LogP contribution < -0.4 is 5.73 Å². The summed E-state index contributed by atoms with van der Waals surface area (Å²) in [5, 5.41) is 0.604. The van der Waals surface area contributed by atoms with Crippen molar-refractivity contribution in [1.29, 1.82) is 0 Å². The molecule has 0 aliphatic heterocycles. The van der Waals surface area contributed by atoms with Crippen LogP contribution in [0, 0.1) is 13.8 Å². The molecule has 2 N–H and O–H groups in total. The first kappa shape index (κ1) is 12.1. The van der Waals surface area contributed by atoms with Crippen molar-refractivity contribution in [2.24, 2.45) is 0 Å². The van der Waals surface area contributed by atoms with Gasteiger partial charge in [0.1, 0.15) is 5.15 Å². The third kappa shape index (κ3) is 1.96. The van der Waals surface area contributed by atoms with Crippen molar-refractivity contribution in [3.05, 3.63) is 52.8 Å². The molecule has 96 valence electrons.